The van der Waals surface area contributed by atoms with E-state index in [4.69, 9.17) is 5.73 Å². The zero-order valence-corrected chi connectivity index (χ0v) is 13.6. The highest BCUT2D eigenvalue weighted by Crippen LogP contribution is 2.25. The van der Waals surface area contributed by atoms with E-state index >= 15 is 0 Å². The average Bonchev–Trinajstić information content (AvgIpc) is 2.43. The van der Waals surface area contributed by atoms with Crippen LogP contribution >= 0.6 is 0 Å². The molecule has 2 unspecified atom stereocenters. The summed E-state index contributed by atoms with van der Waals surface area (Å²) in [6.45, 7) is 11.3. The number of rotatable bonds is 8. The maximum atomic E-state index is 6.12. The van der Waals surface area contributed by atoms with Crippen LogP contribution in [0.15, 0.2) is 0 Å². The molecule has 0 radical (unpaired) electrons. The highest BCUT2D eigenvalue weighted by molar-refractivity contribution is 4.92. The summed E-state index contributed by atoms with van der Waals surface area (Å²) in [5, 5.41) is 0. The molecule has 1 saturated heterocycles. The van der Waals surface area contributed by atoms with Crippen molar-refractivity contribution in [3.05, 3.63) is 0 Å². The minimum Gasteiger partial charge on any atom is -0.329 e. The summed E-state index contributed by atoms with van der Waals surface area (Å²) in [6.07, 6.45) is 7.85. The molecule has 3 heteroatoms. The predicted molar refractivity (Wildman–Crippen MR) is 84.5 cm³/mol. The summed E-state index contributed by atoms with van der Waals surface area (Å²) in [6, 6.07) is 0.704. The minimum absolute atomic E-state index is 0.211. The third-order valence-corrected chi connectivity index (χ3v) is 5.02. The molecule has 1 aliphatic rings. The van der Waals surface area contributed by atoms with Crippen LogP contribution in [0.25, 0.3) is 0 Å². The Kier molecular flexibility index (Phi) is 7.33. The highest BCUT2D eigenvalue weighted by Gasteiger charge is 2.34. The Morgan fingerprint density at radius 1 is 1.16 bits per heavy atom. The van der Waals surface area contributed by atoms with Gasteiger partial charge in [-0.3, -0.25) is 4.90 Å². The number of hydrogen-bond acceptors (Lipinski definition) is 3. The molecule has 2 atom stereocenters. The summed E-state index contributed by atoms with van der Waals surface area (Å²) in [7, 11) is 2.26. The number of nitrogens with zero attached hydrogens (tertiary/aromatic N) is 2. The molecule has 0 aliphatic carbocycles. The molecule has 2 N–H and O–H groups in total. The largest absolute Gasteiger partial charge is 0.329 e. The maximum Gasteiger partial charge on any atom is 0.0304 e. The minimum atomic E-state index is 0.211. The van der Waals surface area contributed by atoms with E-state index in [0.29, 0.717) is 6.04 Å². The molecule has 1 aliphatic heterocycles. The number of nitrogens with two attached hydrogens (primary N) is 1. The first-order valence-corrected chi connectivity index (χ1v) is 8.22. The number of hydrogen-bond donors (Lipinski definition) is 1. The zero-order chi connectivity index (χ0) is 14.3. The van der Waals surface area contributed by atoms with Crippen molar-refractivity contribution in [2.45, 2.75) is 70.9 Å². The van der Waals surface area contributed by atoms with Crippen molar-refractivity contribution in [3.63, 3.8) is 0 Å². The van der Waals surface area contributed by atoms with E-state index in [9.17, 15) is 0 Å². The molecule has 19 heavy (non-hydrogen) atoms. The molecule has 0 aromatic rings. The number of unbranched alkanes of at least 4 members (excludes halogenated alkanes) is 3. The molecule has 114 valence electrons. The van der Waals surface area contributed by atoms with Crippen LogP contribution in [-0.2, 0) is 0 Å². The summed E-state index contributed by atoms with van der Waals surface area (Å²) >= 11 is 0. The van der Waals surface area contributed by atoms with E-state index in [1.54, 1.807) is 0 Å². The highest BCUT2D eigenvalue weighted by atomic mass is 15.3. The monoisotopic (exact) mass is 269 g/mol. The first-order valence-electron chi connectivity index (χ1n) is 8.22. The van der Waals surface area contributed by atoms with Crippen LogP contribution in [0.2, 0.25) is 0 Å². The van der Waals surface area contributed by atoms with E-state index in [1.165, 1.54) is 58.2 Å². The molecule has 0 aromatic heterocycles. The lowest BCUT2D eigenvalue weighted by Crippen LogP contribution is -2.61. The molecular formula is C16H35N3. The smallest absolute Gasteiger partial charge is 0.0304 e. The molecule has 0 bridgehead atoms. The maximum absolute atomic E-state index is 6.12. The van der Waals surface area contributed by atoms with Crippen LogP contribution in [0.5, 0.6) is 0 Å². The van der Waals surface area contributed by atoms with E-state index in [-0.39, 0.29) is 5.54 Å². The van der Waals surface area contributed by atoms with Crippen LogP contribution in [0.3, 0.4) is 0 Å². The second-order valence-corrected chi connectivity index (χ2v) is 6.50. The number of piperazine rings is 1. The molecule has 1 heterocycles. The Bertz CT molecular complexity index is 244. The fourth-order valence-electron chi connectivity index (χ4n) is 3.20. The van der Waals surface area contributed by atoms with Gasteiger partial charge < -0.3 is 10.6 Å². The summed E-state index contributed by atoms with van der Waals surface area (Å²) in [4.78, 5) is 5.16. The van der Waals surface area contributed by atoms with E-state index in [0.717, 1.165) is 6.54 Å². The fourth-order valence-corrected chi connectivity index (χ4v) is 3.20. The molecule has 0 amide bonds. The molecular weight excluding hydrogens is 234 g/mol. The van der Waals surface area contributed by atoms with Crippen LogP contribution in [-0.4, -0.2) is 54.6 Å². The molecule has 0 spiro atoms. The van der Waals surface area contributed by atoms with Gasteiger partial charge in [0.05, 0.1) is 0 Å². The lowest BCUT2D eigenvalue weighted by molar-refractivity contribution is 0.0153. The van der Waals surface area contributed by atoms with Crippen molar-refractivity contribution in [1.29, 1.82) is 0 Å². The molecule has 1 rings (SSSR count). The normalized spacial score (nSPS) is 25.4. The van der Waals surface area contributed by atoms with Gasteiger partial charge in [-0.2, -0.15) is 0 Å². The third-order valence-electron chi connectivity index (χ3n) is 5.02. The van der Waals surface area contributed by atoms with Gasteiger partial charge in [-0.1, -0.05) is 39.5 Å². The average molecular weight is 269 g/mol. The Hall–Kier alpha value is -0.120. The lowest BCUT2D eigenvalue weighted by Gasteiger charge is -2.48. The quantitative estimate of drug-likeness (QED) is 0.688. The molecule has 3 nitrogen and oxygen atoms in total. The summed E-state index contributed by atoms with van der Waals surface area (Å²) < 4.78 is 0. The van der Waals surface area contributed by atoms with Gasteiger partial charge in [-0.05, 0) is 26.8 Å². The lowest BCUT2D eigenvalue weighted by atomic mass is 9.90. The molecule has 0 saturated carbocycles. The fraction of sp³-hybridized carbons (Fsp3) is 1.00. The topological polar surface area (TPSA) is 32.5 Å². The standard InChI is InChI=1S/C16H35N3/c1-5-7-8-9-10-16(3,14-17)19-12-11-18(4)15(6-2)13-19/h15H,5-14,17H2,1-4H3. The van der Waals surface area contributed by atoms with Gasteiger partial charge in [0.25, 0.3) is 0 Å². The van der Waals surface area contributed by atoms with Crippen molar-refractivity contribution < 1.29 is 0 Å². The van der Waals surface area contributed by atoms with Crippen molar-refractivity contribution in [2.24, 2.45) is 5.73 Å². The first kappa shape index (κ1) is 16.9. The van der Waals surface area contributed by atoms with Gasteiger partial charge in [0.2, 0.25) is 0 Å². The third kappa shape index (κ3) is 4.73. The van der Waals surface area contributed by atoms with E-state index in [2.05, 4.69) is 37.6 Å². The van der Waals surface area contributed by atoms with E-state index < -0.39 is 0 Å². The van der Waals surface area contributed by atoms with Crippen molar-refractivity contribution in [3.8, 4) is 0 Å². The van der Waals surface area contributed by atoms with Crippen LogP contribution in [0.4, 0.5) is 0 Å². The van der Waals surface area contributed by atoms with Gasteiger partial charge in [0, 0.05) is 37.8 Å². The molecule has 1 fully saturated rings. The second kappa shape index (κ2) is 8.23. The zero-order valence-electron chi connectivity index (χ0n) is 13.6. The predicted octanol–water partition coefficient (Wildman–Crippen LogP) is 2.70. The first-order chi connectivity index (χ1) is 9.07. The Morgan fingerprint density at radius 2 is 1.89 bits per heavy atom. The Labute approximate surface area is 120 Å². The van der Waals surface area contributed by atoms with Gasteiger partial charge in [-0.25, -0.2) is 0 Å². The van der Waals surface area contributed by atoms with Gasteiger partial charge in [0.15, 0.2) is 0 Å². The van der Waals surface area contributed by atoms with Crippen LogP contribution in [0, 0.1) is 0 Å². The summed E-state index contributed by atoms with van der Waals surface area (Å²) in [5.74, 6) is 0. The molecule has 0 aromatic carbocycles. The number of likely N-dealkylation sites (N-methyl/N-ethyl adjacent to an activating group) is 1. The van der Waals surface area contributed by atoms with Crippen LogP contribution in [0.1, 0.15) is 59.3 Å². The van der Waals surface area contributed by atoms with Gasteiger partial charge in [0.1, 0.15) is 0 Å². The summed E-state index contributed by atoms with van der Waals surface area (Å²) in [5.41, 5.74) is 6.33. The SMILES string of the molecule is CCCCCCC(C)(CN)N1CCN(C)C(CC)C1. The van der Waals surface area contributed by atoms with Gasteiger partial charge in [-0.15, -0.1) is 0 Å². The Balaban J connectivity index is 2.52. The van der Waals surface area contributed by atoms with Crippen LogP contribution < -0.4 is 5.73 Å². The van der Waals surface area contributed by atoms with Gasteiger partial charge >= 0.3 is 0 Å². The van der Waals surface area contributed by atoms with Crippen molar-refractivity contribution >= 4 is 0 Å². The van der Waals surface area contributed by atoms with Crippen molar-refractivity contribution in [1.82, 2.24) is 9.80 Å². The Morgan fingerprint density at radius 3 is 2.47 bits per heavy atom. The van der Waals surface area contributed by atoms with Crippen molar-refractivity contribution in [2.75, 3.05) is 33.2 Å². The second-order valence-electron chi connectivity index (χ2n) is 6.50. The van der Waals surface area contributed by atoms with E-state index in [1.807, 2.05) is 0 Å².